The maximum absolute atomic E-state index is 14.1. The highest BCUT2D eigenvalue weighted by atomic mass is 19.1. The van der Waals surface area contributed by atoms with Gasteiger partial charge >= 0.3 is 0 Å². The second-order valence-corrected chi connectivity index (χ2v) is 4.20. The van der Waals surface area contributed by atoms with E-state index in [1.165, 1.54) is 0 Å². The lowest BCUT2D eigenvalue weighted by molar-refractivity contribution is 0.115. The van der Waals surface area contributed by atoms with E-state index in [9.17, 15) is 4.39 Å². The lowest BCUT2D eigenvalue weighted by Gasteiger charge is -2.29. The van der Waals surface area contributed by atoms with E-state index in [0.29, 0.717) is 19.4 Å². The Bertz CT molecular complexity index is 302. The van der Waals surface area contributed by atoms with E-state index < -0.39 is 5.67 Å². The van der Waals surface area contributed by atoms with Gasteiger partial charge in [0.05, 0.1) is 6.26 Å². The SMILES string of the molecule is Cc1coc(CC2(F)CCCNC2)c1. The summed E-state index contributed by atoms with van der Waals surface area (Å²) in [6.07, 6.45) is 3.62. The molecule has 14 heavy (non-hydrogen) atoms. The molecule has 0 aliphatic carbocycles. The summed E-state index contributed by atoms with van der Waals surface area (Å²) < 4.78 is 19.4. The molecule has 0 amide bonds. The number of rotatable bonds is 2. The number of furan rings is 1. The summed E-state index contributed by atoms with van der Waals surface area (Å²) in [5.41, 5.74) is -0.0462. The van der Waals surface area contributed by atoms with Gasteiger partial charge in [-0.3, -0.25) is 0 Å². The molecule has 0 spiro atoms. The van der Waals surface area contributed by atoms with Crippen LogP contribution in [0.4, 0.5) is 4.39 Å². The molecular formula is C11H16FNO. The monoisotopic (exact) mass is 197 g/mol. The third-order valence-electron chi connectivity index (χ3n) is 2.70. The Labute approximate surface area is 83.5 Å². The van der Waals surface area contributed by atoms with Crippen LogP contribution in [0.5, 0.6) is 0 Å². The van der Waals surface area contributed by atoms with Gasteiger partial charge in [-0.05, 0) is 37.9 Å². The van der Waals surface area contributed by atoms with Crippen LogP contribution in [0.25, 0.3) is 0 Å². The Kier molecular flexibility index (Phi) is 2.59. The van der Waals surface area contributed by atoms with Crippen LogP contribution in [0.15, 0.2) is 16.7 Å². The molecular weight excluding hydrogens is 181 g/mol. The molecule has 1 saturated heterocycles. The molecule has 1 aliphatic heterocycles. The van der Waals surface area contributed by atoms with Gasteiger partial charge in [-0.1, -0.05) is 0 Å². The minimum absolute atomic E-state index is 0.397. The van der Waals surface area contributed by atoms with Crippen LogP contribution in [0, 0.1) is 6.92 Å². The molecule has 0 bridgehead atoms. The molecule has 1 aromatic heterocycles. The first-order valence-corrected chi connectivity index (χ1v) is 5.12. The summed E-state index contributed by atoms with van der Waals surface area (Å²) in [6.45, 7) is 3.34. The molecule has 1 fully saturated rings. The fourth-order valence-corrected chi connectivity index (χ4v) is 1.98. The zero-order valence-electron chi connectivity index (χ0n) is 8.48. The van der Waals surface area contributed by atoms with E-state index in [2.05, 4.69) is 5.32 Å². The first-order valence-electron chi connectivity index (χ1n) is 5.12. The fourth-order valence-electron chi connectivity index (χ4n) is 1.98. The summed E-state index contributed by atoms with van der Waals surface area (Å²) in [7, 11) is 0. The second kappa shape index (κ2) is 3.73. The molecule has 78 valence electrons. The summed E-state index contributed by atoms with van der Waals surface area (Å²) in [4.78, 5) is 0. The van der Waals surface area contributed by atoms with E-state index in [1.54, 1.807) is 6.26 Å². The van der Waals surface area contributed by atoms with Crippen molar-refractivity contribution in [1.82, 2.24) is 5.32 Å². The number of alkyl halides is 1. The van der Waals surface area contributed by atoms with Gasteiger partial charge in [0, 0.05) is 13.0 Å². The van der Waals surface area contributed by atoms with Gasteiger partial charge in [0.1, 0.15) is 11.4 Å². The lowest BCUT2D eigenvalue weighted by atomic mass is 9.91. The number of hydrogen-bond donors (Lipinski definition) is 1. The molecule has 3 heteroatoms. The number of aryl methyl sites for hydroxylation is 1. The average Bonchev–Trinajstić information content (AvgIpc) is 2.51. The molecule has 1 aromatic rings. The van der Waals surface area contributed by atoms with Crippen LogP contribution in [0.3, 0.4) is 0 Å². The number of nitrogens with one attached hydrogen (secondary N) is 1. The van der Waals surface area contributed by atoms with Gasteiger partial charge in [0.15, 0.2) is 0 Å². The maximum Gasteiger partial charge on any atom is 0.130 e. The summed E-state index contributed by atoms with van der Waals surface area (Å²) in [5.74, 6) is 0.758. The Morgan fingerprint density at radius 2 is 2.50 bits per heavy atom. The van der Waals surface area contributed by atoms with Crippen molar-refractivity contribution in [2.24, 2.45) is 0 Å². The Balaban J connectivity index is 2.01. The highest BCUT2D eigenvalue weighted by molar-refractivity contribution is 5.13. The molecule has 1 N–H and O–H groups in total. The Morgan fingerprint density at radius 3 is 3.07 bits per heavy atom. The van der Waals surface area contributed by atoms with E-state index >= 15 is 0 Å². The van der Waals surface area contributed by atoms with Crippen LogP contribution in [0.2, 0.25) is 0 Å². The Hall–Kier alpha value is -0.830. The van der Waals surface area contributed by atoms with Crippen molar-refractivity contribution in [3.8, 4) is 0 Å². The summed E-state index contributed by atoms with van der Waals surface area (Å²) in [6, 6.07) is 1.91. The van der Waals surface area contributed by atoms with Crippen molar-refractivity contribution in [3.63, 3.8) is 0 Å². The molecule has 2 rings (SSSR count). The van der Waals surface area contributed by atoms with Crippen molar-refractivity contribution in [2.45, 2.75) is 31.9 Å². The van der Waals surface area contributed by atoms with Crippen molar-refractivity contribution >= 4 is 0 Å². The van der Waals surface area contributed by atoms with E-state index in [-0.39, 0.29) is 0 Å². The van der Waals surface area contributed by atoms with Gasteiger partial charge in [-0.15, -0.1) is 0 Å². The topological polar surface area (TPSA) is 25.2 Å². The average molecular weight is 197 g/mol. The van der Waals surface area contributed by atoms with Gasteiger partial charge in [0.2, 0.25) is 0 Å². The zero-order chi connectivity index (χ0) is 10.0. The maximum atomic E-state index is 14.1. The van der Waals surface area contributed by atoms with Crippen LogP contribution in [0.1, 0.15) is 24.2 Å². The quantitative estimate of drug-likeness (QED) is 0.786. The molecule has 2 heterocycles. The van der Waals surface area contributed by atoms with Crippen molar-refractivity contribution in [2.75, 3.05) is 13.1 Å². The number of hydrogen-bond acceptors (Lipinski definition) is 2. The van der Waals surface area contributed by atoms with Crippen molar-refractivity contribution in [1.29, 1.82) is 0 Å². The zero-order valence-corrected chi connectivity index (χ0v) is 8.48. The molecule has 1 atom stereocenters. The van der Waals surface area contributed by atoms with Gasteiger partial charge in [-0.2, -0.15) is 0 Å². The standard InChI is InChI=1S/C11H16FNO/c1-9-5-10(14-7-9)6-11(12)3-2-4-13-8-11/h5,7,13H,2-4,6,8H2,1H3. The highest BCUT2D eigenvalue weighted by Crippen LogP contribution is 2.26. The van der Waals surface area contributed by atoms with Crippen molar-refractivity contribution in [3.05, 3.63) is 23.7 Å². The molecule has 0 aromatic carbocycles. The second-order valence-electron chi connectivity index (χ2n) is 4.20. The third kappa shape index (κ3) is 2.15. The summed E-state index contributed by atoms with van der Waals surface area (Å²) >= 11 is 0. The fraction of sp³-hybridized carbons (Fsp3) is 0.636. The highest BCUT2D eigenvalue weighted by Gasteiger charge is 2.32. The smallest absolute Gasteiger partial charge is 0.130 e. The van der Waals surface area contributed by atoms with Crippen LogP contribution < -0.4 is 5.32 Å². The molecule has 0 radical (unpaired) electrons. The minimum Gasteiger partial charge on any atom is -0.469 e. The predicted octanol–water partition coefficient (Wildman–Crippen LogP) is 2.22. The molecule has 0 saturated carbocycles. The van der Waals surface area contributed by atoms with Crippen LogP contribution >= 0.6 is 0 Å². The number of halogens is 1. The van der Waals surface area contributed by atoms with Gasteiger partial charge in [-0.25, -0.2) is 4.39 Å². The molecule has 1 aliphatic rings. The van der Waals surface area contributed by atoms with Gasteiger partial charge < -0.3 is 9.73 Å². The lowest BCUT2D eigenvalue weighted by Crippen LogP contribution is -2.43. The van der Waals surface area contributed by atoms with E-state index in [4.69, 9.17) is 4.42 Å². The van der Waals surface area contributed by atoms with Crippen molar-refractivity contribution < 1.29 is 8.81 Å². The minimum atomic E-state index is -1.11. The number of piperidine rings is 1. The molecule has 2 nitrogen and oxygen atoms in total. The van der Waals surface area contributed by atoms with Crippen LogP contribution in [-0.4, -0.2) is 18.8 Å². The van der Waals surface area contributed by atoms with E-state index in [1.807, 2.05) is 13.0 Å². The summed E-state index contributed by atoms with van der Waals surface area (Å²) in [5, 5.41) is 3.09. The predicted molar refractivity (Wildman–Crippen MR) is 53.1 cm³/mol. The third-order valence-corrected chi connectivity index (χ3v) is 2.70. The van der Waals surface area contributed by atoms with Gasteiger partial charge in [0.25, 0.3) is 0 Å². The Morgan fingerprint density at radius 1 is 1.64 bits per heavy atom. The van der Waals surface area contributed by atoms with E-state index in [0.717, 1.165) is 24.3 Å². The first kappa shape index (κ1) is 9.71. The first-order chi connectivity index (χ1) is 6.68. The van der Waals surface area contributed by atoms with Crippen LogP contribution in [-0.2, 0) is 6.42 Å². The molecule has 1 unspecified atom stereocenters. The largest absolute Gasteiger partial charge is 0.469 e. The normalized spacial score (nSPS) is 27.9.